The van der Waals surface area contributed by atoms with Crippen LogP contribution >= 0.6 is 11.3 Å². The first-order chi connectivity index (χ1) is 9.28. The molecule has 102 valence electrons. The summed E-state index contributed by atoms with van der Waals surface area (Å²) in [7, 11) is 0. The van der Waals surface area contributed by atoms with Crippen LogP contribution in [0.1, 0.15) is 17.4 Å². The first kappa shape index (κ1) is 14.1. The highest BCUT2D eigenvalue weighted by molar-refractivity contribution is 7.09. The molecule has 0 aliphatic rings. The highest BCUT2D eigenvalue weighted by Crippen LogP contribution is 2.13. The molecule has 0 amide bonds. The van der Waals surface area contributed by atoms with Gasteiger partial charge in [0.15, 0.2) is 0 Å². The van der Waals surface area contributed by atoms with Gasteiger partial charge in [-0.3, -0.25) is 4.90 Å². The van der Waals surface area contributed by atoms with E-state index in [0.29, 0.717) is 0 Å². The Bertz CT molecular complexity index is 481. The molecule has 19 heavy (non-hydrogen) atoms. The first-order valence-electron chi connectivity index (χ1n) is 6.72. The molecule has 0 atom stereocenters. The maximum atomic E-state index is 5.80. The summed E-state index contributed by atoms with van der Waals surface area (Å²) in [5.74, 6) is 0.965. The van der Waals surface area contributed by atoms with Gasteiger partial charge in [-0.25, -0.2) is 0 Å². The van der Waals surface area contributed by atoms with Crippen molar-refractivity contribution in [1.29, 1.82) is 0 Å². The Morgan fingerprint density at radius 1 is 1.21 bits per heavy atom. The van der Waals surface area contributed by atoms with Crippen molar-refractivity contribution in [2.45, 2.75) is 20.4 Å². The minimum atomic E-state index is 0.739. The quantitative estimate of drug-likeness (QED) is 0.758. The molecule has 2 nitrogen and oxygen atoms in total. The highest BCUT2D eigenvalue weighted by atomic mass is 32.1. The smallest absolute Gasteiger partial charge is 0.119 e. The van der Waals surface area contributed by atoms with Crippen molar-refractivity contribution < 1.29 is 4.74 Å². The van der Waals surface area contributed by atoms with Crippen LogP contribution in [0.2, 0.25) is 0 Å². The number of rotatable bonds is 7. The number of thiophene rings is 1. The summed E-state index contributed by atoms with van der Waals surface area (Å²) in [5.41, 5.74) is 1.24. The Kier molecular flexibility index (Phi) is 5.43. The fourth-order valence-electron chi connectivity index (χ4n) is 1.97. The Balaban J connectivity index is 1.77. The van der Waals surface area contributed by atoms with Crippen LogP contribution in [0.4, 0.5) is 0 Å². The summed E-state index contributed by atoms with van der Waals surface area (Å²) < 4.78 is 5.80. The fourth-order valence-corrected chi connectivity index (χ4v) is 2.72. The number of benzene rings is 1. The van der Waals surface area contributed by atoms with E-state index in [1.54, 1.807) is 0 Å². The Labute approximate surface area is 119 Å². The van der Waals surface area contributed by atoms with Crippen molar-refractivity contribution in [3.05, 3.63) is 52.2 Å². The molecule has 0 radical (unpaired) electrons. The predicted octanol–water partition coefficient (Wildman–Crippen LogP) is 3.96. The second-order valence-corrected chi connectivity index (χ2v) is 5.65. The van der Waals surface area contributed by atoms with Crippen molar-refractivity contribution in [3.63, 3.8) is 0 Å². The van der Waals surface area contributed by atoms with Crippen molar-refractivity contribution in [2.75, 3.05) is 19.7 Å². The molecular formula is C16H21NOS. The van der Waals surface area contributed by atoms with Crippen LogP contribution in [-0.4, -0.2) is 24.6 Å². The van der Waals surface area contributed by atoms with E-state index in [9.17, 15) is 0 Å². The maximum absolute atomic E-state index is 5.80. The van der Waals surface area contributed by atoms with Gasteiger partial charge in [-0.05, 0) is 42.6 Å². The molecule has 2 aromatic rings. The zero-order valence-electron chi connectivity index (χ0n) is 11.6. The first-order valence-corrected chi connectivity index (χ1v) is 7.60. The molecule has 3 heteroatoms. The number of ether oxygens (including phenoxy) is 1. The van der Waals surface area contributed by atoms with Gasteiger partial charge in [0.2, 0.25) is 0 Å². The van der Waals surface area contributed by atoms with Gasteiger partial charge in [-0.2, -0.15) is 0 Å². The van der Waals surface area contributed by atoms with E-state index < -0.39 is 0 Å². The molecule has 0 bridgehead atoms. The summed E-state index contributed by atoms with van der Waals surface area (Å²) >= 11 is 1.82. The number of likely N-dealkylation sites (N-methyl/N-ethyl adjacent to an activating group) is 1. The monoisotopic (exact) mass is 275 g/mol. The summed E-state index contributed by atoms with van der Waals surface area (Å²) in [5, 5.41) is 2.13. The molecule has 0 saturated heterocycles. The van der Waals surface area contributed by atoms with Gasteiger partial charge in [-0.15, -0.1) is 11.3 Å². The van der Waals surface area contributed by atoms with Gasteiger partial charge in [0.1, 0.15) is 12.4 Å². The molecular weight excluding hydrogens is 254 g/mol. The van der Waals surface area contributed by atoms with Crippen LogP contribution in [-0.2, 0) is 6.54 Å². The summed E-state index contributed by atoms with van der Waals surface area (Å²) in [4.78, 5) is 3.82. The van der Waals surface area contributed by atoms with E-state index in [1.165, 1.54) is 10.4 Å². The van der Waals surface area contributed by atoms with E-state index in [0.717, 1.165) is 32.0 Å². The van der Waals surface area contributed by atoms with E-state index >= 15 is 0 Å². The van der Waals surface area contributed by atoms with Crippen molar-refractivity contribution >= 4 is 11.3 Å². The molecule has 0 N–H and O–H groups in total. The number of hydrogen-bond donors (Lipinski definition) is 0. The van der Waals surface area contributed by atoms with Crippen LogP contribution < -0.4 is 4.74 Å². The fraction of sp³-hybridized carbons (Fsp3) is 0.375. The lowest BCUT2D eigenvalue weighted by atomic mass is 10.2. The third kappa shape index (κ3) is 4.69. The Morgan fingerprint density at radius 2 is 2.11 bits per heavy atom. The number of aryl methyl sites for hydroxylation is 1. The summed E-state index contributed by atoms with van der Waals surface area (Å²) in [6, 6.07) is 12.5. The van der Waals surface area contributed by atoms with Crippen LogP contribution in [0.3, 0.4) is 0 Å². The molecule has 1 aromatic carbocycles. The lowest BCUT2D eigenvalue weighted by Gasteiger charge is -2.19. The lowest BCUT2D eigenvalue weighted by Crippen LogP contribution is -2.27. The van der Waals surface area contributed by atoms with Gasteiger partial charge in [0.05, 0.1) is 0 Å². The van der Waals surface area contributed by atoms with Crippen molar-refractivity contribution in [2.24, 2.45) is 0 Å². The van der Waals surface area contributed by atoms with Gasteiger partial charge in [-0.1, -0.05) is 25.1 Å². The van der Waals surface area contributed by atoms with E-state index in [-0.39, 0.29) is 0 Å². The number of nitrogens with zero attached hydrogens (tertiary/aromatic N) is 1. The number of hydrogen-bond acceptors (Lipinski definition) is 3. The van der Waals surface area contributed by atoms with E-state index in [1.807, 2.05) is 23.5 Å². The minimum absolute atomic E-state index is 0.739. The summed E-state index contributed by atoms with van der Waals surface area (Å²) in [6.07, 6.45) is 0. The maximum Gasteiger partial charge on any atom is 0.119 e. The molecule has 0 spiro atoms. The molecule has 2 rings (SSSR count). The average molecular weight is 275 g/mol. The van der Waals surface area contributed by atoms with Crippen LogP contribution in [0.15, 0.2) is 41.8 Å². The zero-order valence-corrected chi connectivity index (χ0v) is 12.5. The largest absolute Gasteiger partial charge is 0.492 e. The predicted molar refractivity (Wildman–Crippen MR) is 81.9 cm³/mol. The van der Waals surface area contributed by atoms with Gasteiger partial charge < -0.3 is 4.74 Å². The van der Waals surface area contributed by atoms with E-state index in [2.05, 4.69) is 48.4 Å². The standard InChI is InChI=1S/C16H21NOS/c1-3-17(13-16-8-5-11-19-16)9-10-18-15-7-4-6-14(2)12-15/h4-8,11-12H,3,9-10,13H2,1-2H3. The third-order valence-electron chi connectivity index (χ3n) is 3.07. The molecule has 1 aromatic heterocycles. The van der Waals surface area contributed by atoms with Crippen LogP contribution in [0.25, 0.3) is 0 Å². The van der Waals surface area contributed by atoms with Gasteiger partial charge in [0, 0.05) is 18.0 Å². The minimum Gasteiger partial charge on any atom is -0.492 e. The second kappa shape index (κ2) is 7.31. The lowest BCUT2D eigenvalue weighted by molar-refractivity contribution is 0.211. The van der Waals surface area contributed by atoms with Crippen molar-refractivity contribution in [1.82, 2.24) is 4.90 Å². The Hall–Kier alpha value is -1.32. The molecule has 0 aliphatic heterocycles. The molecule has 0 saturated carbocycles. The second-order valence-electron chi connectivity index (χ2n) is 4.61. The molecule has 0 aliphatic carbocycles. The third-order valence-corrected chi connectivity index (χ3v) is 3.93. The normalized spacial score (nSPS) is 10.9. The summed E-state index contributed by atoms with van der Waals surface area (Å²) in [6.45, 7) is 8.05. The van der Waals surface area contributed by atoms with Crippen LogP contribution in [0.5, 0.6) is 5.75 Å². The average Bonchev–Trinajstić information content (AvgIpc) is 2.90. The van der Waals surface area contributed by atoms with Crippen LogP contribution in [0, 0.1) is 6.92 Å². The van der Waals surface area contributed by atoms with E-state index in [4.69, 9.17) is 4.74 Å². The molecule has 0 unspecified atom stereocenters. The Morgan fingerprint density at radius 3 is 2.79 bits per heavy atom. The molecule has 0 fully saturated rings. The molecule has 1 heterocycles. The van der Waals surface area contributed by atoms with Crippen molar-refractivity contribution in [3.8, 4) is 5.75 Å². The van der Waals surface area contributed by atoms with Gasteiger partial charge >= 0.3 is 0 Å². The highest BCUT2D eigenvalue weighted by Gasteiger charge is 2.04. The van der Waals surface area contributed by atoms with Gasteiger partial charge in [0.25, 0.3) is 0 Å². The topological polar surface area (TPSA) is 12.5 Å². The SMILES string of the molecule is CCN(CCOc1cccc(C)c1)Cc1cccs1. The zero-order chi connectivity index (χ0) is 13.5.